The van der Waals surface area contributed by atoms with Gasteiger partial charge in [-0.25, -0.2) is 0 Å². The number of para-hydroxylation sites is 2. The summed E-state index contributed by atoms with van der Waals surface area (Å²) >= 11 is -0.556. The van der Waals surface area contributed by atoms with Crippen LogP contribution in [0.4, 0.5) is 22.7 Å². The minimum atomic E-state index is -0.556. The molecule has 4 aromatic carbocycles. The van der Waals surface area contributed by atoms with Crippen molar-refractivity contribution in [2.75, 3.05) is 0 Å². The van der Waals surface area contributed by atoms with Gasteiger partial charge >= 0.3 is 35.6 Å². The number of hydrogen-bond donors (Lipinski definition) is 0. The monoisotopic (exact) mass is 508 g/mol. The molecule has 0 aromatic heterocycles. The fraction of sp³-hybridized carbons (Fsp3) is 0.143. The number of halogens is 2. The molecule has 2 nitrogen and oxygen atoms in total. The van der Waals surface area contributed by atoms with E-state index in [1.165, 1.54) is 22.3 Å². The van der Waals surface area contributed by atoms with Gasteiger partial charge in [-0.15, -0.1) is 22.7 Å². The van der Waals surface area contributed by atoms with Gasteiger partial charge in [-0.3, -0.25) is 0 Å². The number of hydrogen-bond acceptors (Lipinski definition) is 0. The average molecular weight is 509 g/mol. The van der Waals surface area contributed by atoms with Gasteiger partial charge in [-0.2, -0.15) is 0 Å². The Kier molecular flexibility index (Phi) is 9.46. The van der Waals surface area contributed by atoms with E-state index in [4.69, 9.17) is 29.2 Å². The van der Waals surface area contributed by atoms with Gasteiger partial charge < -0.3 is 10.6 Å². The van der Waals surface area contributed by atoms with E-state index in [1.807, 2.05) is 12.1 Å². The van der Waals surface area contributed by atoms with Crippen molar-refractivity contribution in [1.29, 1.82) is 0 Å². The first kappa shape index (κ1) is 25.4. The molecular weight excluding hydrogens is 483 g/mol. The van der Waals surface area contributed by atoms with E-state index in [1.54, 1.807) is 0 Å². The van der Waals surface area contributed by atoms with Gasteiger partial charge in [0.15, 0.2) is 0 Å². The quantitative estimate of drug-likeness (QED) is 0.240. The normalized spacial score (nSPS) is 10.1. The third kappa shape index (κ3) is 6.88. The Bertz CT molecular complexity index is 1130. The van der Waals surface area contributed by atoms with Gasteiger partial charge in [0, 0.05) is 0 Å². The van der Waals surface area contributed by atoms with Gasteiger partial charge in [-0.05, 0) is 38.8 Å². The van der Waals surface area contributed by atoms with Crippen molar-refractivity contribution in [3.8, 4) is 11.1 Å². The fourth-order valence-corrected chi connectivity index (χ4v) is 3.72. The topological polar surface area (TPSA) is 28.2 Å². The second kappa shape index (κ2) is 12.3. The summed E-state index contributed by atoms with van der Waals surface area (Å²) in [4.78, 5) is 0. The number of rotatable bonds is 5. The van der Waals surface area contributed by atoms with Crippen LogP contribution in [0.15, 0.2) is 84.9 Å². The fourth-order valence-electron chi connectivity index (χ4n) is 3.72. The first-order valence-electron chi connectivity index (χ1n) is 10.7. The summed E-state index contributed by atoms with van der Waals surface area (Å²) in [7, 11) is 9.78. The summed E-state index contributed by atoms with van der Waals surface area (Å²) in [5.74, 6) is 0. The second-order valence-electron chi connectivity index (χ2n) is 7.91. The van der Waals surface area contributed by atoms with Crippen LogP contribution in [0.2, 0.25) is 0 Å². The van der Waals surface area contributed by atoms with E-state index < -0.39 is 17.0 Å². The van der Waals surface area contributed by atoms with Gasteiger partial charge in [0.25, 0.3) is 0 Å². The Morgan fingerprint density at radius 1 is 0.515 bits per heavy atom. The molecule has 0 atom stereocenters. The van der Waals surface area contributed by atoms with E-state index >= 15 is 0 Å². The molecule has 0 bridgehead atoms. The Labute approximate surface area is 214 Å². The molecule has 0 aliphatic heterocycles. The van der Waals surface area contributed by atoms with E-state index in [9.17, 15) is 0 Å². The molecule has 0 fully saturated rings. The van der Waals surface area contributed by atoms with Crippen LogP contribution in [-0.2, 0) is 17.0 Å². The standard InChI is InChI=1S/C28H26N2.2ClH.Ti/c1-19-13-15-25(21(3)17-19)29-27-11-7-5-9-23(27)24-10-6-8-12-28(24)30-26-16-14-20(2)18-22(26)4;;;/h5-18H,1-4H3;2*1H;/q-2;;;+2/p-2. The molecule has 0 aliphatic carbocycles. The number of nitrogens with zero attached hydrogens (tertiary/aromatic N) is 2. The molecule has 0 heterocycles. The van der Waals surface area contributed by atoms with E-state index in [0.29, 0.717) is 0 Å². The van der Waals surface area contributed by atoms with Gasteiger partial charge in [0.05, 0.1) is 0 Å². The maximum absolute atomic E-state index is 4.99. The van der Waals surface area contributed by atoms with Crippen LogP contribution in [0.25, 0.3) is 21.8 Å². The Morgan fingerprint density at radius 3 is 1.24 bits per heavy atom. The maximum atomic E-state index is 4.99. The molecule has 0 radical (unpaired) electrons. The zero-order valence-electron chi connectivity index (χ0n) is 19.2. The summed E-state index contributed by atoms with van der Waals surface area (Å²) in [6, 6.07) is 29.3. The van der Waals surface area contributed by atoms with E-state index in [2.05, 4.69) is 100 Å². The summed E-state index contributed by atoms with van der Waals surface area (Å²) < 4.78 is 0. The molecule has 0 unspecified atom stereocenters. The first-order chi connectivity index (χ1) is 15.9. The molecule has 0 aliphatic rings. The van der Waals surface area contributed by atoms with E-state index in [0.717, 1.165) is 33.9 Å². The van der Waals surface area contributed by atoms with Crippen LogP contribution in [0.3, 0.4) is 0 Å². The summed E-state index contributed by atoms with van der Waals surface area (Å²) in [5, 5.41) is 9.99. The van der Waals surface area contributed by atoms with Crippen molar-refractivity contribution in [3.05, 3.63) is 118 Å². The molecule has 0 saturated heterocycles. The van der Waals surface area contributed by atoms with E-state index in [-0.39, 0.29) is 0 Å². The SMILES string of the molecule is Cc1ccc([N-]c2ccccc2-c2ccccc2[N-]c2ccc(C)cc2C)c(C)c1.[Cl][Ti][Cl]. The van der Waals surface area contributed by atoms with Crippen LogP contribution < -0.4 is 0 Å². The van der Waals surface area contributed by atoms with Crippen LogP contribution in [-0.4, -0.2) is 0 Å². The minimum absolute atomic E-state index is 0.556. The van der Waals surface area contributed by atoms with Crippen molar-refractivity contribution in [3.63, 3.8) is 0 Å². The predicted octanol–water partition coefficient (Wildman–Crippen LogP) is 10.6. The van der Waals surface area contributed by atoms with Gasteiger partial charge in [0.1, 0.15) is 0 Å². The van der Waals surface area contributed by atoms with Crippen molar-refractivity contribution < 1.29 is 17.0 Å². The zero-order chi connectivity index (χ0) is 23.8. The van der Waals surface area contributed by atoms with Crippen LogP contribution >= 0.6 is 18.6 Å². The van der Waals surface area contributed by atoms with Gasteiger partial charge in [-0.1, -0.05) is 107 Å². The van der Waals surface area contributed by atoms with Crippen LogP contribution in [0, 0.1) is 27.7 Å². The molecule has 0 N–H and O–H groups in total. The number of benzene rings is 4. The molecular formula is C28H26Cl2N2Ti-2. The second-order valence-corrected chi connectivity index (χ2v) is 10.5. The van der Waals surface area contributed by atoms with Crippen LogP contribution in [0.1, 0.15) is 22.3 Å². The van der Waals surface area contributed by atoms with Gasteiger partial charge in [0.2, 0.25) is 0 Å². The molecule has 0 spiro atoms. The Balaban J connectivity index is 0.000000968. The molecule has 4 aromatic rings. The van der Waals surface area contributed by atoms with Crippen molar-refractivity contribution in [2.45, 2.75) is 27.7 Å². The van der Waals surface area contributed by atoms with Crippen molar-refractivity contribution in [2.24, 2.45) is 0 Å². The first-order valence-corrected chi connectivity index (χ1v) is 15.0. The molecule has 0 amide bonds. The molecule has 4 rings (SSSR count). The zero-order valence-corrected chi connectivity index (χ0v) is 22.3. The summed E-state index contributed by atoms with van der Waals surface area (Å²) in [6.45, 7) is 8.43. The number of aryl methyl sites for hydroxylation is 4. The average Bonchev–Trinajstić information content (AvgIpc) is 2.79. The molecule has 33 heavy (non-hydrogen) atoms. The summed E-state index contributed by atoms with van der Waals surface area (Å²) in [6.07, 6.45) is 0. The molecule has 0 saturated carbocycles. The third-order valence-corrected chi connectivity index (χ3v) is 5.28. The Morgan fingerprint density at radius 2 is 0.879 bits per heavy atom. The molecule has 168 valence electrons. The Hall–Kier alpha value is -2.23. The predicted molar refractivity (Wildman–Crippen MR) is 141 cm³/mol. The van der Waals surface area contributed by atoms with Crippen LogP contribution in [0.5, 0.6) is 0 Å². The third-order valence-electron chi connectivity index (χ3n) is 5.28. The van der Waals surface area contributed by atoms with Crippen molar-refractivity contribution >= 4 is 41.4 Å². The van der Waals surface area contributed by atoms with Crippen molar-refractivity contribution in [1.82, 2.24) is 0 Å². The molecule has 5 heteroatoms. The summed E-state index contributed by atoms with van der Waals surface area (Å²) in [5.41, 5.74) is 10.9.